The maximum atomic E-state index is 4.73. The van der Waals surface area contributed by atoms with Crippen LogP contribution in [-0.2, 0) is 0 Å². The van der Waals surface area contributed by atoms with E-state index >= 15 is 0 Å². The summed E-state index contributed by atoms with van der Waals surface area (Å²) < 4.78 is 0. The van der Waals surface area contributed by atoms with Crippen LogP contribution in [0.15, 0.2) is 12.2 Å². The summed E-state index contributed by atoms with van der Waals surface area (Å²) >= 11 is 4.73. The molecular formula is C16H30S. The molecule has 0 bridgehead atoms. The molecular weight excluding hydrogens is 224 g/mol. The summed E-state index contributed by atoms with van der Waals surface area (Å²) in [5, 5.41) is 0.530. The first kappa shape index (κ1) is 15.1. The predicted octanol–water partition coefficient (Wildman–Crippen LogP) is 5.78. The molecule has 17 heavy (non-hydrogen) atoms. The molecule has 1 unspecified atom stereocenters. The minimum Gasteiger partial charge on any atom is -0.176 e. The number of hydrogen-bond donors (Lipinski definition) is 1. The van der Waals surface area contributed by atoms with Crippen molar-refractivity contribution in [3.63, 3.8) is 0 Å². The maximum Gasteiger partial charge on any atom is 0.00540 e. The van der Waals surface area contributed by atoms with Crippen molar-refractivity contribution in [2.45, 2.75) is 83.3 Å². The summed E-state index contributed by atoms with van der Waals surface area (Å²) in [5.41, 5.74) is 1.93. The number of thiol groups is 1. The molecule has 0 saturated heterocycles. The quantitative estimate of drug-likeness (QED) is 0.411. The number of allylic oxidation sites excluding steroid dienone is 1. The Bertz CT molecular complexity index is 230. The highest BCUT2D eigenvalue weighted by atomic mass is 32.1. The molecule has 0 aromatic heterocycles. The Hall–Kier alpha value is 0.0900. The Labute approximate surface area is 114 Å². The van der Waals surface area contributed by atoms with E-state index in [0.717, 1.165) is 6.42 Å². The summed E-state index contributed by atoms with van der Waals surface area (Å²) in [7, 11) is 0. The van der Waals surface area contributed by atoms with Crippen LogP contribution in [0.1, 0.15) is 78.1 Å². The van der Waals surface area contributed by atoms with Gasteiger partial charge in [-0.3, -0.25) is 0 Å². The predicted molar refractivity (Wildman–Crippen MR) is 81.9 cm³/mol. The average Bonchev–Trinajstić information content (AvgIpc) is 2.25. The highest BCUT2D eigenvalue weighted by Gasteiger charge is 2.19. The van der Waals surface area contributed by atoms with Crippen LogP contribution >= 0.6 is 12.6 Å². The first-order valence-corrected chi connectivity index (χ1v) is 7.86. The van der Waals surface area contributed by atoms with E-state index in [1.54, 1.807) is 0 Å². The van der Waals surface area contributed by atoms with Crippen molar-refractivity contribution < 1.29 is 0 Å². The zero-order valence-corrected chi connectivity index (χ0v) is 12.7. The van der Waals surface area contributed by atoms with Crippen molar-refractivity contribution in [1.82, 2.24) is 0 Å². The minimum atomic E-state index is 0.510. The molecule has 1 heteroatoms. The van der Waals surface area contributed by atoms with Gasteiger partial charge in [-0.2, -0.15) is 12.6 Å². The normalized spacial score (nSPS) is 28.9. The lowest BCUT2D eigenvalue weighted by Gasteiger charge is -2.26. The van der Waals surface area contributed by atoms with Gasteiger partial charge >= 0.3 is 0 Å². The van der Waals surface area contributed by atoms with Crippen LogP contribution in [0.3, 0.4) is 0 Å². The van der Waals surface area contributed by atoms with Gasteiger partial charge in [0.1, 0.15) is 0 Å². The van der Waals surface area contributed by atoms with Gasteiger partial charge in [-0.25, -0.2) is 0 Å². The van der Waals surface area contributed by atoms with Gasteiger partial charge in [0.05, 0.1) is 0 Å². The number of hydrogen-bond acceptors (Lipinski definition) is 1. The van der Waals surface area contributed by atoms with Crippen LogP contribution in [0.5, 0.6) is 0 Å². The van der Waals surface area contributed by atoms with Crippen LogP contribution in [0.2, 0.25) is 0 Å². The lowest BCUT2D eigenvalue weighted by atomic mass is 9.82. The Morgan fingerprint density at radius 1 is 1.06 bits per heavy atom. The second-order valence-electron chi connectivity index (χ2n) is 6.58. The molecule has 0 heterocycles. The fraction of sp³-hybridized carbons (Fsp3) is 0.875. The van der Waals surface area contributed by atoms with Gasteiger partial charge in [-0.1, -0.05) is 51.7 Å². The molecule has 0 nitrogen and oxygen atoms in total. The molecule has 0 aromatic rings. The van der Waals surface area contributed by atoms with Crippen LogP contribution < -0.4 is 0 Å². The first-order chi connectivity index (χ1) is 7.99. The smallest absolute Gasteiger partial charge is 0.00540 e. The fourth-order valence-electron chi connectivity index (χ4n) is 2.73. The van der Waals surface area contributed by atoms with Crippen molar-refractivity contribution in [2.24, 2.45) is 5.41 Å². The second kappa shape index (κ2) is 7.51. The molecule has 1 aliphatic rings. The topological polar surface area (TPSA) is 0 Å². The molecule has 1 saturated carbocycles. The summed E-state index contributed by atoms with van der Waals surface area (Å²) in [4.78, 5) is 0. The summed E-state index contributed by atoms with van der Waals surface area (Å²) in [6, 6.07) is 0. The summed E-state index contributed by atoms with van der Waals surface area (Å²) in [6.45, 7) is 9.04. The van der Waals surface area contributed by atoms with Crippen molar-refractivity contribution in [1.29, 1.82) is 0 Å². The maximum absolute atomic E-state index is 4.73. The van der Waals surface area contributed by atoms with Gasteiger partial charge in [-0.05, 0) is 43.9 Å². The third-order valence-electron chi connectivity index (χ3n) is 4.06. The largest absolute Gasteiger partial charge is 0.176 e. The Morgan fingerprint density at radius 2 is 1.71 bits per heavy atom. The van der Waals surface area contributed by atoms with E-state index in [0.29, 0.717) is 10.7 Å². The highest BCUT2D eigenvalue weighted by molar-refractivity contribution is 7.80. The van der Waals surface area contributed by atoms with E-state index in [2.05, 4.69) is 20.4 Å². The van der Waals surface area contributed by atoms with E-state index in [1.807, 2.05) is 0 Å². The molecule has 0 aliphatic heterocycles. The molecule has 0 amide bonds. The molecule has 0 radical (unpaired) electrons. The molecule has 1 fully saturated rings. The van der Waals surface area contributed by atoms with Crippen LogP contribution in [-0.4, -0.2) is 5.25 Å². The van der Waals surface area contributed by atoms with Crippen molar-refractivity contribution in [3.8, 4) is 0 Å². The van der Waals surface area contributed by atoms with Crippen molar-refractivity contribution >= 4 is 12.6 Å². The minimum absolute atomic E-state index is 0.510. The lowest BCUT2D eigenvalue weighted by molar-refractivity contribution is 0.286. The van der Waals surface area contributed by atoms with E-state index < -0.39 is 0 Å². The average molecular weight is 254 g/mol. The Morgan fingerprint density at radius 3 is 2.47 bits per heavy atom. The summed E-state index contributed by atoms with van der Waals surface area (Å²) in [6.07, 6.45) is 13.2. The number of rotatable bonds is 0. The molecule has 1 rings (SSSR count). The van der Waals surface area contributed by atoms with Gasteiger partial charge < -0.3 is 0 Å². The third-order valence-corrected chi connectivity index (χ3v) is 4.50. The van der Waals surface area contributed by atoms with E-state index in [-0.39, 0.29) is 0 Å². The van der Waals surface area contributed by atoms with E-state index in [1.165, 1.54) is 63.4 Å². The third kappa shape index (κ3) is 7.18. The molecule has 0 spiro atoms. The Kier molecular flexibility index (Phi) is 6.69. The highest BCUT2D eigenvalue weighted by Crippen LogP contribution is 2.32. The second-order valence-corrected chi connectivity index (χ2v) is 7.31. The van der Waals surface area contributed by atoms with Gasteiger partial charge in [0.15, 0.2) is 0 Å². The van der Waals surface area contributed by atoms with Crippen LogP contribution in [0.25, 0.3) is 0 Å². The molecule has 0 aromatic carbocycles. The summed E-state index contributed by atoms with van der Waals surface area (Å²) in [5.74, 6) is 0. The van der Waals surface area contributed by atoms with Crippen molar-refractivity contribution in [3.05, 3.63) is 12.2 Å². The van der Waals surface area contributed by atoms with E-state index in [9.17, 15) is 0 Å². The molecule has 100 valence electrons. The van der Waals surface area contributed by atoms with Gasteiger partial charge in [0, 0.05) is 5.25 Å². The van der Waals surface area contributed by atoms with Gasteiger partial charge in [-0.15, -0.1) is 0 Å². The molecule has 0 N–H and O–H groups in total. The van der Waals surface area contributed by atoms with Gasteiger partial charge in [0.2, 0.25) is 0 Å². The first-order valence-electron chi connectivity index (χ1n) is 7.34. The van der Waals surface area contributed by atoms with Gasteiger partial charge in [0.25, 0.3) is 0 Å². The zero-order valence-electron chi connectivity index (χ0n) is 11.8. The van der Waals surface area contributed by atoms with Crippen LogP contribution in [0, 0.1) is 5.41 Å². The Balaban J connectivity index is 2.46. The molecule has 1 aliphatic carbocycles. The SMILES string of the molecule is C=C1CCCCCCCC(C)(C)CCC(S)C1. The standard InChI is InChI=1S/C16H30S/c1-14-9-7-5-4-6-8-11-16(2,3)12-10-15(17)13-14/h15,17H,1,4-13H2,2-3H3. The van der Waals surface area contributed by atoms with E-state index in [4.69, 9.17) is 12.6 Å². The van der Waals surface area contributed by atoms with Crippen LogP contribution in [0.4, 0.5) is 0 Å². The molecule has 1 atom stereocenters. The fourth-order valence-corrected chi connectivity index (χ4v) is 3.12. The zero-order chi connectivity index (χ0) is 12.7. The van der Waals surface area contributed by atoms with Crippen molar-refractivity contribution in [2.75, 3.05) is 0 Å². The monoisotopic (exact) mass is 254 g/mol. The lowest BCUT2D eigenvalue weighted by Crippen LogP contribution is -2.14.